The highest BCUT2D eigenvalue weighted by molar-refractivity contribution is 7.14. The molecule has 0 bridgehead atoms. The molecule has 1 heterocycles. The Bertz CT molecular complexity index is 1070. The van der Waals surface area contributed by atoms with Gasteiger partial charge < -0.3 is 16.0 Å². The van der Waals surface area contributed by atoms with Crippen LogP contribution in [0.4, 0.5) is 27.0 Å². The second-order valence-electron chi connectivity index (χ2n) is 6.22. The molecule has 154 valence electrons. The molecule has 30 heavy (non-hydrogen) atoms. The standard InChI is InChI=1S/C20H18ClN5O3S/c1-12(27)22-14-5-7-15(8-6-14)23-18(28)10-17-11-30-20(25-17)26-19(29)24-16-4-2-3-13(21)9-16/h2-9,11H,10H2,1H3,(H,22,27)(H,23,28)(H2,24,25,26,29). The van der Waals surface area contributed by atoms with Crippen LogP contribution < -0.4 is 21.3 Å². The molecule has 0 aliphatic heterocycles. The molecule has 0 saturated heterocycles. The van der Waals surface area contributed by atoms with E-state index in [1.165, 1.54) is 18.3 Å². The van der Waals surface area contributed by atoms with Crippen molar-refractivity contribution < 1.29 is 14.4 Å². The van der Waals surface area contributed by atoms with E-state index in [-0.39, 0.29) is 18.2 Å². The van der Waals surface area contributed by atoms with Crippen molar-refractivity contribution in [3.05, 3.63) is 64.6 Å². The van der Waals surface area contributed by atoms with Gasteiger partial charge in [0.05, 0.1) is 12.1 Å². The summed E-state index contributed by atoms with van der Waals surface area (Å²) in [7, 11) is 0. The van der Waals surface area contributed by atoms with Gasteiger partial charge in [0.2, 0.25) is 11.8 Å². The van der Waals surface area contributed by atoms with Crippen molar-refractivity contribution in [2.75, 3.05) is 21.3 Å². The number of nitrogens with one attached hydrogen (secondary N) is 4. The first-order valence-corrected chi connectivity index (χ1v) is 10.1. The van der Waals surface area contributed by atoms with E-state index in [4.69, 9.17) is 11.6 Å². The number of aromatic nitrogens is 1. The number of halogens is 1. The molecule has 0 saturated carbocycles. The van der Waals surface area contributed by atoms with Crippen LogP contribution in [0.1, 0.15) is 12.6 Å². The first kappa shape index (κ1) is 21.3. The Labute approximate surface area is 181 Å². The van der Waals surface area contributed by atoms with Crippen molar-refractivity contribution in [2.45, 2.75) is 13.3 Å². The van der Waals surface area contributed by atoms with Gasteiger partial charge in [-0.05, 0) is 42.5 Å². The van der Waals surface area contributed by atoms with Crippen molar-refractivity contribution in [3.8, 4) is 0 Å². The molecule has 2 aromatic carbocycles. The molecule has 0 fully saturated rings. The van der Waals surface area contributed by atoms with Gasteiger partial charge in [-0.15, -0.1) is 11.3 Å². The van der Waals surface area contributed by atoms with Crippen molar-refractivity contribution in [3.63, 3.8) is 0 Å². The van der Waals surface area contributed by atoms with E-state index in [9.17, 15) is 14.4 Å². The Hall–Kier alpha value is -3.43. The first-order valence-electron chi connectivity index (χ1n) is 8.83. The maximum atomic E-state index is 12.2. The molecule has 0 aliphatic rings. The summed E-state index contributed by atoms with van der Waals surface area (Å²) >= 11 is 7.11. The van der Waals surface area contributed by atoms with Gasteiger partial charge >= 0.3 is 6.03 Å². The molecule has 0 aliphatic carbocycles. The number of carbonyl (C=O) groups is 3. The maximum absolute atomic E-state index is 12.2. The van der Waals surface area contributed by atoms with Crippen molar-refractivity contribution in [1.82, 2.24) is 4.98 Å². The lowest BCUT2D eigenvalue weighted by Gasteiger charge is -2.06. The van der Waals surface area contributed by atoms with Crippen LogP contribution in [0.3, 0.4) is 0 Å². The van der Waals surface area contributed by atoms with Gasteiger partial charge in [-0.1, -0.05) is 17.7 Å². The van der Waals surface area contributed by atoms with Gasteiger partial charge in [-0.2, -0.15) is 0 Å². The Balaban J connectivity index is 1.50. The third-order valence-corrected chi connectivity index (χ3v) is 4.73. The second kappa shape index (κ2) is 9.86. The topological polar surface area (TPSA) is 112 Å². The lowest BCUT2D eigenvalue weighted by atomic mass is 10.2. The highest BCUT2D eigenvalue weighted by atomic mass is 35.5. The third kappa shape index (κ3) is 6.57. The average Bonchev–Trinajstić information content (AvgIpc) is 3.09. The molecule has 3 rings (SSSR count). The van der Waals surface area contributed by atoms with Gasteiger partial charge in [0.15, 0.2) is 5.13 Å². The van der Waals surface area contributed by atoms with E-state index in [0.717, 1.165) is 0 Å². The number of hydrogen-bond donors (Lipinski definition) is 4. The van der Waals surface area contributed by atoms with E-state index in [1.54, 1.807) is 53.9 Å². The summed E-state index contributed by atoms with van der Waals surface area (Å²) in [4.78, 5) is 39.6. The molecule has 0 spiro atoms. The quantitative estimate of drug-likeness (QED) is 0.446. The molecule has 3 aromatic rings. The minimum Gasteiger partial charge on any atom is -0.326 e. The van der Waals surface area contributed by atoms with Gasteiger partial charge in [0, 0.05) is 34.4 Å². The molecule has 0 atom stereocenters. The largest absolute Gasteiger partial charge is 0.326 e. The Morgan fingerprint density at radius 3 is 2.30 bits per heavy atom. The molecule has 4 N–H and O–H groups in total. The number of rotatable bonds is 6. The van der Waals surface area contributed by atoms with E-state index in [2.05, 4.69) is 26.3 Å². The number of anilines is 4. The van der Waals surface area contributed by atoms with Crippen LogP contribution in [0.15, 0.2) is 53.9 Å². The fourth-order valence-electron chi connectivity index (χ4n) is 2.48. The second-order valence-corrected chi connectivity index (χ2v) is 7.51. The van der Waals surface area contributed by atoms with E-state index >= 15 is 0 Å². The number of urea groups is 1. The SMILES string of the molecule is CC(=O)Nc1ccc(NC(=O)Cc2csc(NC(=O)Nc3cccc(Cl)c3)n2)cc1. The van der Waals surface area contributed by atoms with Gasteiger partial charge in [0.25, 0.3) is 0 Å². The third-order valence-electron chi connectivity index (χ3n) is 3.69. The van der Waals surface area contributed by atoms with Crippen LogP contribution in [0.25, 0.3) is 0 Å². The summed E-state index contributed by atoms with van der Waals surface area (Å²) in [5.74, 6) is -0.413. The fourth-order valence-corrected chi connectivity index (χ4v) is 3.38. The van der Waals surface area contributed by atoms with Crippen LogP contribution in [0.5, 0.6) is 0 Å². The fraction of sp³-hybridized carbons (Fsp3) is 0.100. The van der Waals surface area contributed by atoms with Crippen molar-refractivity contribution >= 4 is 63.0 Å². The predicted molar refractivity (Wildman–Crippen MR) is 119 cm³/mol. The van der Waals surface area contributed by atoms with Crippen molar-refractivity contribution in [1.29, 1.82) is 0 Å². The Kier molecular flexibility index (Phi) is 6.99. The van der Waals surface area contributed by atoms with Crippen molar-refractivity contribution in [2.24, 2.45) is 0 Å². The lowest BCUT2D eigenvalue weighted by molar-refractivity contribution is -0.116. The van der Waals surface area contributed by atoms with E-state index < -0.39 is 6.03 Å². The first-order chi connectivity index (χ1) is 14.4. The normalized spacial score (nSPS) is 10.2. The summed E-state index contributed by atoms with van der Waals surface area (Å²) in [6.45, 7) is 1.42. The van der Waals surface area contributed by atoms with E-state index in [0.29, 0.717) is 32.9 Å². The van der Waals surface area contributed by atoms with E-state index in [1.807, 2.05) is 0 Å². The summed E-state index contributed by atoms with van der Waals surface area (Å²) < 4.78 is 0. The number of amides is 4. The highest BCUT2D eigenvalue weighted by Gasteiger charge is 2.11. The Morgan fingerprint density at radius 2 is 1.63 bits per heavy atom. The summed E-state index contributed by atoms with van der Waals surface area (Å²) in [5.41, 5.74) is 2.33. The molecular weight excluding hydrogens is 426 g/mol. The lowest BCUT2D eigenvalue weighted by Crippen LogP contribution is -2.19. The van der Waals surface area contributed by atoms with Crippen LogP contribution in [0.2, 0.25) is 5.02 Å². The zero-order valence-electron chi connectivity index (χ0n) is 15.9. The zero-order chi connectivity index (χ0) is 21.5. The molecular formula is C20H18ClN5O3S. The summed E-state index contributed by atoms with van der Waals surface area (Å²) in [6, 6.07) is 13.1. The van der Waals surface area contributed by atoms with Gasteiger partial charge in [-0.25, -0.2) is 9.78 Å². The minimum atomic E-state index is -0.457. The molecule has 4 amide bonds. The summed E-state index contributed by atoms with van der Waals surface area (Å²) in [5, 5.41) is 13.3. The molecule has 10 heteroatoms. The molecule has 0 radical (unpaired) electrons. The number of carbonyl (C=O) groups excluding carboxylic acids is 3. The maximum Gasteiger partial charge on any atom is 0.325 e. The number of nitrogens with zero attached hydrogens (tertiary/aromatic N) is 1. The van der Waals surface area contributed by atoms with Crippen LogP contribution in [-0.2, 0) is 16.0 Å². The number of hydrogen-bond acceptors (Lipinski definition) is 5. The smallest absolute Gasteiger partial charge is 0.325 e. The van der Waals surface area contributed by atoms with Crippen LogP contribution in [-0.4, -0.2) is 22.8 Å². The monoisotopic (exact) mass is 443 g/mol. The number of benzene rings is 2. The van der Waals surface area contributed by atoms with Gasteiger partial charge in [0.1, 0.15) is 0 Å². The minimum absolute atomic E-state index is 0.0571. The Morgan fingerprint density at radius 1 is 0.933 bits per heavy atom. The van der Waals surface area contributed by atoms with Gasteiger partial charge in [-0.3, -0.25) is 14.9 Å². The zero-order valence-corrected chi connectivity index (χ0v) is 17.4. The predicted octanol–water partition coefficient (Wildman–Crippen LogP) is 4.58. The van der Waals surface area contributed by atoms with Crippen LogP contribution in [0, 0.1) is 0 Å². The molecule has 0 unspecified atom stereocenters. The highest BCUT2D eigenvalue weighted by Crippen LogP contribution is 2.19. The number of thiazole rings is 1. The summed E-state index contributed by atoms with van der Waals surface area (Å²) in [6.07, 6.45) is 0.0571. The van der Waals surface area contributed by atoms with Crippen LogP contribution >= 0.6 is 22.9 Å². The average molecular weight is 444 g/mol. The molecule has 1 aromatic heterocycles. The molecule has 8 nitrogen and oxygen atoms in total.